The van der Waals surface area contributed by atoms with Crippen molar-refractivity contribution in [3.63, 3.8) is 0 Å². The van der Waals surface area contributed by atoms with E-state index in [0.29, 0.717) is 5.75 Å². The lowest BCUT2D eigenvalue weighted by Crippen LogP contribution is -2.56. The molecular formula is C8H14N2OS. The van der Waals surface area contributed by atoms with Crippen LogP contribution in [0.2, 0.25) is 0 Å². The molecule has 4 heteroatoms. The van der Waals surface area contributed by atoms with Crippen molar-refractivity contribution in [3.8, 4) is 0 Å². The van der Waals surface area contributed by atoms with Crippen molar-refractivity contribution in [2.75, 3.05) is 12.8 Å². The van der Waals surface area contributed by atoms with Crippen LogP contribution in [-0.4, -0.2) is 28.6 Å². The van der Waals surface area contributed by atoms with Gasteiger partial charge in [-0.25, -0.2) is 5.43 Å². The van der Waals surface area contributed by atoms with Crippen molar-refractivity contribution < 1.29 is 4.79 Å². The normalized spacial score (nSPS) is 28.4. The molecule has 2 aliphatic rings. The molecule has 0 radical (unpaired) electrons. The summed E-state index contributed by atoms with van der Waals surface area (Å²) in [7, 11) is 1.82. The Balaban J connectivity index is 2.05. The minimum Gasteiger partial charge on any atom is -0.279 e. The molecule has 1 amide bonds. The number of carbonyl (C=O) groups excluding carboxylic acids is 1. The molecule has 1 aliphatic heterocycles. The van der Waals surface area contributed by atoms with Crippen LogP contribution in [-0.2, 0) is 4.79 Å². The second-order valence-electron chi connectivity index (χ2n) is 3.55. The second kappa shape index (κ2) is 2.92. The summed E-state index contributed by atoms with van der Waals surface area (Å²) in [6, 6.07) is 0. The number of carbonyl (C=O) groups is 1. The van der Waals surface area contributed by atoms with Crippen LogP contribution in [0, 0.1) is 0 Å². The molecule has 12 heavy (non-hydrogen) atoms. The number of hydrazine groups is 1. The van der Waals surface area contributed by atoms with Gasteiger partial charge in [-0.15, -0.1) is 11.8 Å². The highest BCUT2D eigenvalue weighted by Gasteiger charge is 2.39. The van der Waals surface area contributed by atoms with Crippen LogP contribution in [0.4, 0.5) is 0 Å². The highest BCUT2D eigenvalue weighted by molar-refractivity contribution is 8.01. The van der Waals surface area contributed by atoms with E-state index in [1.807, 2.05) is 7.05 Å². The summed E-state index contributed by atoms with van der Waals surface area (Å²) in [4.78, 5) is 11.4. The van der Waals surface area contributed by atoms with Crippen molar-refractivity contribution in [2.45, 2.75) is 30.6 Å². The zero-order chi connectivity index (χ0) is 8.60. The predicted octanol–water partition coefficient (Wildman–Crippen LogP) is 0.966. The van der Waals surface area contributed by atoms with Crippen LogP contribution in [0.5, 0.6) is 0 Å². The molecule has 68 valence electrons. The molecule has 2 rings (SSSR count). The lowest BCUT2D eigenvalue weighted by atomic mass is 10.2. The summed E-state index contributed by atoms with van der Waals surface area (Å²) in [5, 5.41) is 1.65. The van der Waals surface area contributed by atoms with Crippen LogP contribution in [0.1, 0.15) is 25.7 Å². The first kappa shape index (κ1) is 8.38. The van der Waals surface area contributed by atoms with Crippen LogP contribution in [0.25, 0.3) is 0 Å². The van der Waals surface area contributed by atoms with Crippen molar-refractivity contribution in [2.24, 2.45) is 0 Å². The van der Waals surface area contributed by atoms with Crippen molar-refractivity contribution in [3.05, 3.63) is 0 Å². The highest BCUT2D eigenvalue weighted by Crippen LogP contribution is 2.41. The maximum Gasteiger partial charge on any atom is 0.246 e. The number of rotatable bonds is 0. The van der Waals surface area contributed by atoms with E-state index >= 15 is 0 Å². The Morgan fingerprint density at radius 1 is 1.50 bits per heavy atom. The summed E-state index contributed by atoms with van der Waals surface area (Å²) in [5.74, 6) is 0.835. The zero-order valence-corrected chi connectivity index (χ0v) is 8.12. The third-order valence-electron chi connectivity index (χ3n) is 2.63. The van der Waals surface area contributed by atoms with Gasteiger partial charge in [-0.1, -0.05) is 12.8 Å². The molecule has 0 unspecified atom stereocenters. The van der Waals surface area contributed by atoms with E-state index in [9.17, 15) is 4.79 Å². The number of thioether (sulfide) groups is 1. The van der Waals surface area contributed by atoms with E-state index in [0.717, 1.165) is 0 Å². The van der Waals surface area contributed by atoms with Gasteiger partial charge in [0.2, 0.25) is 5.91 Å². The lowest BCUT2D eigenvalue weighted by molar-refractivity contribution is -0.131. The first-order valence-electron chi connectivity index (χ1n) is 4.40. The van der Waals surface area contributed by atoms with Gasteiger partial charge in [-0.3, -0.25) is 9.80 Å². The molecule has 2 fully saturated rings. The standard InChI is InChI=1S/C8H14N2OS/c1-10-7(11)6-12-8(9-10)4-2-3-5-8/h9H,2-6H2,1H3. The van der Waals surface area contributed by atoms with Crippen molar-refractivity contribution in [1.29, 1.82) is 0 Å². The topological polar surface area (TPSA) is 32.3 Å². The van der Waals surface area contributed by atoms with Gasteiger partial charge in [0.25, 0.3) is 0 Å². The fourth-order valence-corrected chi connectivity index (χ4v) is 3.27. The number of hydrogen-bond acceptors (Lipinski definition) is 3. The van der Waals surface area contributed by atoms with Gasteiger partial charge < -0.3 is 0 Å². The number of nitrogens with one attached hydrogen (secondary N) is 1. The summed E-state index contributed by atoms with van der Waals surface area (Å²) in [6.45, 7) is 0. The predicted molar refractivity (Wildman–Crippen MR) is 49.6 cm³/mol. The summed E-state index contributed by atoms with van der Waals surface area (Å²) < 4.78 is 0. The maximum atomic E-state index is 11.2. The molecule has 1 heterocycles. The minimum atomic E-state index is 0.192. The largest absolute Gasteiger partial charge is 0.279 e. The molecule has 1 saturated carbocycles. The Kier molecular flexibility index (Phi) is 2.04. The third kappa shape index (κ3) is 1.33. The van der Waals surface area contributed by atoms with Gasteiger partial charge in [0, 0.05) is 7.05 Å². The number of hydrogen-bond donors (Lipinski definition) is 1. The third-order valence-corrected chi connectivity index (χ3v) is 4.07. The van der Waals surface area contributed by atoms with Crippen LogP contribution < -0.4 is 5.43 Å². The Morgan fingerprint density at radius 2 is 2.17 bits per heavy atom. The molecular weight excluding hydrogens is 172 g/mol. The summed E-state index contributed by atoms with van der Waals surface area (Å²) in [5.41, 5.74) is 3.29. The van der Waals surface area contributed by atoms with Crippen LogP contribution in [0.3, 0.4) is 0 Å². The molecule has 3 nitrogen and oxygen atoms in total. The quantitative estimate of drug-likeness (QED) is 0.612. The first-order chi connectivity index (χ1) is 5.72. The van der Waals surface area contributed by atoms with Crippen LogP contribution in [0.15, 0.2) is 0 Å². The van der Waals surface area contributed by atoms with Gasteiger partial charge in [-0.05, 0) is 12.8 Å². The zero-order valence-electron chi connectivity index (χ0n) is 7.30. The molecule has 0 aromatic heterocycles. The van der Waals surface area contributed by atoms with E-state index < -0.39 is 0 Å². The minimum absolute atomic E-state index is 0.192. The summed E-state index contributed by atoms with van der Waals surface area (Å²) >= 11 is 1.78. The van der Waals surface area contributed by atoms with Gasteiger partial charge in [0.05, 0.1) is 10.6 Å². The number of amides is 1. The van der Waals surface area contributed by atoms with E-state index in [1.54, 1.807) is 16.8 Å². The van der Waals surface area contributed by atoms with Gasteiger partial charge in [-0.2, -0.15) is 0 Å². The maximum absolute atomic E-state index is 11.2. The molecule has 0 aromatic carbocycles. The van der Waals surface area contributed by atoms with Crippen LogP contribution >= 0.6 is 11.8 Å². The summed E-state index contributed by atoms with van der Waals surface area (Å²) in [6.07, 6.45) is 4.99. The van der Waals surface area contributed by atoms with Gasteiger partial charge in [0.1, 0.15) is 0 Å². The first-order valence-corrected chi connectivity index (χ1v) is 5.39. The Morgan fingerprint density at radius 3 is 2.75 bits per heavy atom. The van der Waals surface area contributed by atoms with Crippen molar-refractivity contribution in [1.82, 2.24) is 10.4 Å². The smallest absolute Gasteiger partial charge is 0.246 e. The SMILES string of the molecule is CN1NC2(CCCC2)SCC1=O. The molecule has 1 aliphatic carbocycles. The fourth-order valence-electron chi connectivity index (χ4n) is 1.90. The highest BCUT2D eigenvalue weighted by atomic mass is 32.2. The van der Waals surface area contributed by atoms with Crippen molar-refractivity contribution >= 4 is 17.7 Å². The fraction of sp³-hybridized carbons (Fsp3) is 0.875. The Hall–Kier alpha value is -0.220. The van der Waals surface area contributed by atoms with E-state index in [-0.39, 0.29) is 10.8 Å². The second-order valence-corrected chi connectivity index (χ2v) is 4.91. The average molecular weight is 186 g/mol. The van der Waals surface area contributed by atoms with E-state index in [1.165, 1.54) is 25.7 Å². The Labute approximate surface area is 76.8 Å². The molecule has 0 atom stereocenters. The molecule has 1 N–H and O–H groups in total. The molecule has 1 saturated heterocycles. The van der Waals surface area contributed by atoms with E-state index in [4.69, 9.17) is 0 Å². The average Bonchev–Trinajstić information content (AvgIpc) is 2.47. The number of nitrogens with zero attached hydrogens (tertiary/aromatic N) is 1. The lowest BCUT2D eigenvalue weighted by Gasteiger charge is -2.38. The van der Waals surface area contributed by atoms with E-state index in [2.05, 4.69) is 5.43 Å². The van der Waals surface area contributed by atoms with Gasteiger partial charge in [0.15, 0.2) is 0 Å². The Bertz CT molecular complexity index is 201. The molecule has 1 spiro atoms. The molecule has 0 aromatic rings. The monoisotopic (exact) mass is 186 g/mol. The molecule has 0 bridgehead atoms. The van der Waals surface area contributed by atoms with Gasteiger partial charge >= 0.3 is 0 Å².